The summed E-state index contributed by atoms with van der Waals surface area (Å²) in [4.78, 5) is 12.7. The summed E-state index contributed by atoms with van der Waals surface area (Å²) >= 11 is 6.09. The number of hydrogen-bond acceptors (Lipinski definition) is 5. The molecular formula is C14H18ClN5. The lowest BCUT2D eigenvalue weighted by Gasteiger charge is -2.09. The number of aryl methyl sites for hydroxylation is 1. The van der Waals surface area contributed by atoms with Crippen molar-refractivity contribution in [2.45, 2.75) is 26.8 Å². The van der Waals surface area contributed by atoms with Gasteiger partial charge in [-0.2, -0.15) is 4.98 Å². The van der Waals surface area contributed by atoms with Crippen LogP contribution in [0.3, 0.4) is 0 Å². The SMILES string of the molecule is CCCNc1ncc(Cl)c(NCc2ccc(C)nc2)n1. The van der Waals surface area contributed by atoms with Gasteiger partial charge in [-0.05, 0) is 25.0 Å². The van der Waals surface area contributed by atoms with Crippen LogP contribution in [0.4, 0.5) is 11.8 Å². The van der Waals surface area contributed by atoms with Crippen LogP contribution in [0.1, 0.15) is 24.6 Å². The second-order valence-electron chi connectivity index (χ2n) is 4.48. The van der Waals surface area contributed by atoms with E-state index in [1.54, 1.807) is 6.20 Å². The molecule has 2 aromatic heterocycles. The molecule has 0 amide bonds. The fraction of sp³-hybridized carbons (Fsp3) is 0.357. The van der Waals surface area contributed by atoms with Crippen LogP contribution in [0.15, 0.2) is 24.5 Å². The second kappa shape index (κ2) is 7.05. The van der Waals surface area contributed by atoms with Crippen LogP contribution >= 0.6 is 11.6 Å². The van der Waals surface area contributed by atoms with Gasteiger partial charge in [-0.3, -0.25) is 4.98 Å². The summed E-state index contributed by atoms with van der Waals surface area (Å²) in [6, 6.07) is 4.01. The maximum Gasteiger partial charge on any atom is 0.224 e. The van der Waals surface area contributed by atoms with Crippen molar-refractivity contribution in [2.24, 2.45) is 0 Å². The molecule has 0 spiro atoms. The summed E-state index contributed by atoms with van der Waals surface area (Å²) in [6.07, 6.45) is 4.46. The quantitative estimate of drug-likeness (QED) is 0.855. The van der Waals surface area contributed by atoms with Gasteiger partial charge in [0.2, 0.25) is 5.95 Å². The molecule has 0 fully saturated rings. The monoisotopic (exact) mass is 291 g/mol. The molecule has 2 aromatic rings. The van der Waals surface area contributed by atoms with E-state index < -0.39 is 0 Å². The highest BCUT2D eigenvalue weighted by atomic mass is 35.5. The van der Waals surface area contributed by atoms with Gasteiger partial charge in [0.1, 0.15) is 5.02 Å². The minimum absolute atomic E-state index is 0.507. The molecule has 0 aliphatic heterocycles. The molecule has 0 saturated carbocycles. The van der Waals surface area contributed by atoms with Gasteiger partial charge in [-0.25, -0.2) is 4.98 Å². The molecule has 0 atom stereocenters. The Morgan fingerprint density at radius 3 is 2.70 bits per heavy atom. The number of nitrogens with one attached hydrogen (secondary N) is 2. The Balaban J connectivity index is 2.02. The molecule has 0 aliphatic rings. The molecular weight excluding hydrogens is 274 g/mol. The molecule has 0 aromatic carbocycles. The molecule has 0 radical (unpaired) electrons. The zero-order valence-electron chi connectivity index (χ0n) is 11.7. The number of rotatable bonds is 6. The number of hydrogen-bond donors (Lipinski definition) is 2. The second-order valence-corrected chi connectivity index (χ2v) is 4.89. The van der Waals surface area contributed by atoms with Gasteiger partial charge >= 0.3 is 0 Å². The van der Waals surface area contributed by atoms with Gasteiger partial charge in [-0.15, -0.1) is 0 Å². The fourth-order valence-electron chi connectivity index (χ4n) is 1.60. The van der Waals surface area contributed by atoms with Crippen molar-refractivity contribution in [1.82, 2.24) is 15.0 Å². The van der Waals surface area contributed by atoms with Crippen LogP contribution in [-0.4, -0.2) is 21.5 Å². The van der Waals surface area contributed by atoms with E-state index in [0.717, 1.165) is 24.2 Å². The third-order valence-corrected chi connectivity index (χ3v) is 2.99. The molecule has 0 bridgehead atoms. The van der Waals surface area contributed by atoms with Crippen LogP contribution in [0.25, 0.3) is 0 Å². The van der Waals surface area contributed by atoms with E-state index in [1.807, 2.05) is 25.3 Å². The van der Waals surface area contributed by atoms with Crippen LogP contribution in [0.5, 0.6) is 0 Å². The van der Waals surface area contributed by atoms with E-state index in [0.29, 0.717) is 23.3 Å². The number of anilines is 2. The van der Waals surface area contributed by atoms with Crippen molar-refractivity contribution < 1.29 is 0 Å². The Morgan fingerprint density at radius 1 is 1.15 bits per heavy atom. The van der Waals surface area contributed by atoms with E-state index in [-0.39, 0.29) is 0 Å². The summed E-state index contributed by atoms with van der Waals surface area (Å²) in [7, 11) is 0. The molecule has 20 heavy (non-hydrogen) atoms. The largest absolute Gasteiger partial charge is 0.365 e. The van der Waals surface area contributed by atoms with E-state index in [9.17, 15) is 0 Å². The summed E-state index contributed by atoms with van der Waals surface area (Å²) in [5.74, 6) is 1.21. The Hall–Kier alpha value is -1.88. The third-order valence-electron chi connectivity index (χ3n) is 2.71. The maximum absolute atomic E-state index is 6.09. The van der Waals surface area contributed by atoms with Gasteiger partial charge in [0, 0.05) is 25.0 Å². The molecule has 6 heteroatoms. The number of halogens is 1. The summed E-state index contributed by atoms with van der Waals surface area (Å²) in [6.45, 7) is 5.51. The molecule has 2 heterocycles. The number of pyridine rings is 1. The molecule has 0 saturated heterocycles. The summed E-state index contributed by atoms with van der Waals surface area (Å²) in [5.41, 5.74) is 2.08. The molecule has 0 unspecified atom stereocenters. The Morgan fingerprint density at radius 2 is 2.00 bits per heavy atom. The number of aromatic nitrogens is 3. The lowest BCUT2D eigenvalue weighted by molar-refractivity contribution is 0.950. The first-order valence-corrected chi connectivity index (χ1v) is 6.98. The van der Waals surface area contributed by atoms with Gasteiger partial charge in [0.05, 0.1) is 6.20 Å². The zero-order chi connectivity index (χ0) is 14.4. The molecule has 2 N–H and O–H groups in total. The Kier molecular flexibility index (Phi) is 5.12. The highest BCUT2D eigenvalue weighted by Crippen LogP contribution is 2.20. The third kappa shape index (κ3) is 4.06. The van der Waals surface area contributed by atoms with Crippen molar-refractivity contribution in [2.75, 3.05) is 17.2 Å². The van der Waals surface area contributed by atoms with Crippen molar-refractivity contribution in [1.29, 1.82) is 0 Å². The average Bonchev–Trinajstić information content (AvgIpc) is 2.46. The van der Waals surface area contributed by atoms with Crippen molar-refractivity contribution in [3.8, 4) is 0 Å². The first-order valence-electron chi connectivity index (χ1n) is 6.61. The van der Waals surface area contributed by atoms with Gasteiger partial charge in [0.15, 0.2) is 5.82 Å². The summed E-state index contributed by atoms with van der Waals surface area (Å²) in [5, 5.41) is 6.84. The zero-order valence-corrected chi connectivity index (χ0v) is 12.4. The fourth-order valence-corrected chi connectivity index (χ4v) is 1.76. The molecule has 5 nitrogen and oxygen atoms in total. The highest BCUT2D eigenvalue weighted by molar-refractivity contribution is 6.32. The Bertz CT molecular complexity index is 556. The highest BCUT2D eigenvalue weighted by Gasteiger charge is 2.05. The average molecular weight is 292 g/mol. The molecule has 2 rings (SSSR count). The van der Waals surface area contributed by atoms with E-state index in [4.69, 9.17) is 11.6 Å². The first kappa shape index (κ1) is 14.5. The smallest absolute Gasteiger partial charge is 0.224 e. The van der Waals surface area contributed by atoms with Gasteiger partial charge in [0.25, 0.3) is 0 Å². The van der Waals surface area contributed by atoms with E-state index in [1.165, 1.54) is 0 Å². The molecule has 106 valence electrons. The van der Waals surface area contributed by atoms with Crippen molar-refractivity contribution >= 4 is 23.4 Å². The van der Waals surface area contributed by atoms with Gasteiger partial charge in [-0.1, -0.05) is 24.6 Å². The predicted molar refractivity (Wildman–Crippen MR) is 82.1 cm³/mol. The maximum atomic E-state index is 6.09. The lowest BCUT2D eigenvalue weighted by atomic mass is 10.2. The first-order chi connectivity index (χ1) is 9.69. The Labute approximate surface area is 123 Å². The van der Waals surface area contributed by atoms with E-state index in [2.05, 4.69) is 32.5 Å². The summed E-state index contributed by atoms with van der Waals surface area (Å²) < 4.78 is 0. The van der Waals surface area contributed by atoms with Crippen molar-refractivity contribution in [3.05, 3.63) is 40.8 Å². The van der Waals surface area contributed by atoms with Crippen molar-refractivity contribution in [3.63, 3.8) is 0 Å². The lowest BCUT2D eigenvalue weighted by Crippen LogP contribution is -2.08. The predicted octanol–water partition coefficient (Wildman–Crippen LogP) is 3.27. The van der Waals surface area contributed by atoms with E-state index >= 15 is 0 Å². The minimum Gasteiger partial charge on any atom is -0.365 e. The van der Waals surface area contributed by atoms with Crippen LogP contribution in [-0.2, 0) is 6.54 Å². The topological polar surface area (TPSA) is 62.7 Å². The molecule has 0 aliphatic carbocycles. The standard InChI is InChI=1S/C14H18ClN5/c1-3-6-16-14-19-9-12(15)13(20-14)18-8-11-5-4-10(2)17-7-11/h4-5,7,9H,3,6,8H2,1-2H3,(H2,16,18,19,20). The van der Waals surface area contributed by atoms with Crippen LogP contribution in [0.2, 0.25) is 5.02 Å². The van der Waals surface area contributed by atoms with Crippen LogP contribution < -0.4 is 10.6 Å². The number of nitrogens with zero attached hydrogens (tertiary/aromatic N) is 3. The van der Waals surface area contributed by atoms with Crippen LogP contribution in [0, 0.1) is 6.92 Å². The normalized spacial score (nSPS) is 10.3. The van der Waals surface area contributed by atoms with Gasteiger partial charge < -0.3 is 10.6 Å². The minimum atomic E-state index is 0.507.